The van der Waals surface area contributed by atoms with Crippen molar-refractivity contribution in [3.8, 4) is 5.69 Å². The topological polar surface area (TPSA) is 98.7 Å². The molecule has 1 aromatic heterocycles. The number of halogens is 2. The first kappa shape index (κ1) is 14.0. The van der Waals surface area contributed by atoms with Crippen LogP contribution in [0.1, 0.15) is 10.4 Å². The quantitative estimate of drug-likeness (QED) is 0.803. The van der Waals surface area contributed by atoms with Gasteiger partial charge in [0.25, 0.3) is 11.8 Å². The molecule has 20 heavy (non-hydrogen) atoms. The first-order valence-electron chi connectivity index (χ1n) is 5.71. The summed E-state index contributed by atoms with van der Waals surface area (Å²) in [5.41, 5.74) is 5.67. The summed E-state index contributed by atoms with van der Waals surface area (Å²) in [6.07, 6.45) is 1.36. The highest BCUT2D eigenvalue weighted by Crippen LogP contribution is 2.11. The number of tetrazole rings is 1. The normalized spacial score (nSPS) is 11.3. The molecule has 0 saturated carbocycles. The first-order chi connectivity index (χ1) is 9.52. The Morgan fingerprint density at radius 2 is 2.25 bits per heavy atom. The molecule has 1 aromatic carbocycles. The third kappa shape index (κ3) is 3.32. The van der Waals surface area contributed by atoms with E-state index in [1.807, 2.05) is 0 Å². The fraction of sp³-hybridized carbons (Fsp3) is 0.273. The summed E-state index contributed by atoms with van der Waals surface area (Å²) in [7, 11) is 0. The smallest absolute Gasteiger partial charge is 0.277 e. The zero-order valence-corrected chi connectivity index (χ0v) is 10.3. The van der Waals surface area contributed by atoms with Crippen LogP contribution in [0.25, 0.3) is 5.69 Å². The van der Waals surface area contributed by atoms with Crippen LogP contribution >= 0.6 is 0 Å². The minimum atomic E-state index is -3.12. The number of amides is 1. The maximum Gasteiger partial charge on any atom is 0.277 e. The third-order valence-electron chi connectivity index (χ3n) is 2.53. The lowest BCUT2D eigenvalue weighted by molar-refractivity contribution is 0.0118. The number of carbonyl (C=O) groups is 1. The molecule has 2 aromatic rings. The number of rotatable bonds is 5. The summed E-state index contributed by atoms with van der Waals surface area (Å²) < 4.78 is 27.3. The van der Waals surface area contributed by atoms with E-state index in [-0.39, 0.29) is 5.56 Å². The van der Waals surface area contributed by atoms with E-state index in [2.05, 4.69) is 20.8 Å². The number of benzene rings is 1. The molecule has 9 heteroatoms. The van der Waals surface area contributed by atoms with Crippen LogP contribution in [0, 0.1) is 0 Å². The highest BCUT2D eigenvalue weighted by Gasteiger charge is 2.27. The second kappa shape index (κ2) is 5.70. The third-order valence-corrected chi connectivity index (χ3v) is 2.53. The van der Waals surface area contributed by atoms with Crippen LogP contribution in [0.4, 0.5) is 8.78 Å². The molecular formula is C11H12F2N6O. The van der Waals surface area contributed by atoms with Crippen LogP contribution in [0.3, 0.4) is 0 Å². The fourth-order valence-corrected chi connectivity index (χ4v) is 1.45. The van der Waals surface area contributed by atoms with Crippen LogP contribution < -0.4 is 11.1 Å². The van der Waals surface area contributed by atoms with Gasteiger partial charge in [-0.15, -0.1) is 5.10 Å². The van der Waals surface area contributed by atoms with Crippen molar-refractivity contribution >= 4 is 5.91 Å². The van der Waals surface area contributed by atoms with Gasteiger partial charge in [0.2, 0.25) is 0 Å². The minimum Gasteiger partial charge on any atom is -0.346 e. The maximum atomic E-state index is 13.0. The second-order valence-electron chi connectivity index (χ2n) is 4.05. The number of hydrogen-bond acceptors (Lipinski definition) is 5. The number of hydrogen-bond donors (Lipinski definition) is 2. The van der Waals surface area contributed by atoms with E-state index >= 15 is 0 Å². The lowest BCUT2D eigenvalue weighted by Gasteiger charge is -2.14. The van der Waals surface area contributed by atoms with Crippen molar-refractivity contribution < 1.29 is 13.6 Å². The van der Waals surface area contributed by atoms with Crippen molar-refractivity contribution in [3.63, 3.8) is 0 Å². The van der Waals surface area contributed by atoms with Gasteiger partial charge in [0.1, 0.15) is 6.33 Å². The van der Waals surface area contributed by atoms with Gasteiger partial charge < -0.3 is 11.1 Å². The molecule has 0 fully saturated rings. The molecule has 1 amide bonds. The SMILES string of the molecule is NCC(F)(F)CNC(=O)c1cccc(-n2cnnn2)c1. The molecule has 0 bridgehead atoms. The molecule has 0 saturated heterocycles. The molecule has 2 rings (SSSR count). The molecule has 1 heterocycles. The summed E-state index contributed by atoms with van der Waals surface area (Å²) in [5.74, 6) is -3.74. The minimum absolute atomic E-state index is 0.228. The molecule has 106 valence electrons. The number of aromatic nitrogens is 4. The van der Waals surface area contributed by atoms with E-state index in [1.54, 1.807) is 12.1 Å². The van der Waals surface area contributed by atoms with E-state index in [0.717, 1.165) is 0 Å². The standard InChI is InChI=1S/C11H12F2N6O/c12-11(13,5-14)6-15-10(20)8-2-1-3-9(4-8)19-7-16-17-18-19/h1-4,7H,5-6,14H2,(H,15,20). The van der Waals surface area contributed by atoms with Crippen molar-refractivity contribution in [1.29, 1.82) is 0 Å². The van der Waals surface area contributed by atoms with Crippen molar-refractivity contribution in [2.24, 2.45) is 5.73 Å². The molecule has 0 aliphatic rings. The second-order valence-corrected chi connectivity index (χ2v) is 4.05. The van der Waals surface area contributed by atoms with E-state index in [4.69, 9.17) is 5.73 Å². The number of carbonyl (C=O) groups excluding carboxylic acids is 1. The maximum absolute atomic E-state index is 13.0. The summed E-state index contributed by atoms with van der Waals surface area (Å²) in [6, 6.07) is 6.28. The number of nitrogens with one attached hydrogen (secondary N) is 1. The van der Waals surface area contributed by atoms with Gasteiger partial charge in [0.15, 0.2) is 0 Å². The van der Waals surface area contributed by atoms with Crippen molar-refractivity contribution in [1.82, 2.24) is 25.5 Å². The Hall–Kier alpha value is -2.42. The fourth-order valence-electron chi connectivity index (χ4n) is 1.45. The summed E-state index contributed by atoms with van der Waals surface area (Å²) in [5, 5.41) is 12.7. The van der Waals surface area contributed by atoms with Crippen LogP contribution in [0.5, 0.6) is 0 Å². The van der Waals surface area contributed by atoms with Gasteiger partial charge in [-0.3, -0.25) is 4.79 Å². The Balaban J connectivity index is 2.09. The Bertz CT molecular complexity index is 586. The average molecular weight is 282 g/mol. The van der Waals surface area contributed by atoms with Crippen LogP contribution in [-0.4, -0.2) is 45.1 Å². The molecular weight excluding hydrogens is 270 g/mol. The molecule has 0 aliphatic heterocycles. The average Bonchev–Trinajstić information content (AvgIpc) is 2.99. The van der Waals surface area contributed by atoms with Crippen LogP contribution in [0.2, 0.25) is 0 Å². The highest BCUT2D eigenvalue weighted by molar-refractivity contribution is 5.94. The van der Waals surface area contributed by atoms with Gasteiger partial charge in [-0.05, 0) is 28.6 Å². The summed E-state index contributed by atoms with van der Waals surface area (Å²) in [4.78, 5) is 11.8. The van der Waals surface area contributed by atoms with Gasteiger partial charge in [0, 0.05) is 5.56 Å². The Labute approximate surface area is 112 Å². The summed E-state index contributed by atoms with van der Waals surface area (Å²) >= 11 is 0. The molecule has 7 nitrogen and oxygen atoms in total. The van der Waals surface area contributed by atoms with Gasteiger partial charge in [0.05, 0.1) is 18.8 Å². The Kier molecular flexibility index (Phi) is 3.99. The first-order valence-corrected chi connectivity index (χ1v) is 5.71. The molecule has 0 unspecified atom stereocenters. The lowest BCUT2D eigenvalue weighted by atomic mass is 10.2. The summed E-state index contributed by atoms with van der Waals surface area (Å²) in [6.45, 7) is -1.63. The lowest BCUT2D eigenvalue weighted by Crippen LogP contribution is -2.41. The van der Waals surface area contributed by atoms with E-state index in [0.29, 0.717) is 5.69 Å². The van der Waals surface area contributed by atoms with Crippen LogP contribution in [-0.2, 0) is 0 Å². The number of nitrogens with two attached hydrogens (primary N) is 1. The Morgan fingerprint density at radius 3 is 2.90 bits per heavy atom. The van der Waals surface area contributed by atoms with Crippen molar-refractivity contribution in [2.45, 2.75) is 5.92 Å². The molecule has 0 spiro atoms. The molecule has 0 radical (unpaired) electrons. The zero-order chi connectivity index (χ0) is 14.6. The van der Waals surface area contributed by atoms with Crippen molar-refractivity contribution in [2.75, 3.05) is 13.1 Å². The van der Waals surface area contributed by atoms with Crippen LogP contribution in [0.15, 0.2) is 30.6 Å². The van der Waals surface area contributed by atoms with Gasteiger partial charge >= 0.3 is 0 Å². The van der Waals surface area contributed by atoms with E-state index < -0.39 is 24.9 Å². The highest BCUT2D eigenvalue weighted by atomic mass is 19.3. The zero-order valence-electron chi connectivity index (χ0n) is 10.3. The van der Waals surface area contributed by atoms with Gasteiger partial charge in [-0.25, -0.2) is 13.5 Å². The van der Waals surface area contributed by atoms with Gasteiger partial charge in [-0.1, -0.05) is 6.07 Å². The van der Waals surface area contributed by atoms with Gasteiger partial charge in [-0.2, -0.15) is 0 Å². The van der Waals surface area contributed by atoms with Crippen molar-refractivity contribution in [3.05, 3.63) is 36.2 Å². The number of nitrogens with zero attached hydrogens (tertiary/aromatic N) is 4. The van der Waals surface area contributed by atoms with E-state index in [1.165, 1.54) is 23.1 Å². The monoisotopic (exact) mass is 282 g/mol. The largest absolute Gasteiger partial charge is 0.346 e. The molecule has 0 aliphatic carbocycles. The number of alkyl halides is 2. The Morgan fingerprint density at radius 1 is 1.45 bits per heavy atom. The predicted octanol–water partition coefficient (Wildman–Crippen LogP) is -0.0139. The molecule has 3 N–H and O–H groups in total. The molecule has 0 atom stereocenters. The van der Waals surface area contributed by atoms with E-state index in [9.17, 15) is 13.6 Å². The predicted molar refractivity (Wildman–Crippen MR) is 65.5 cm³/mol.